The number of carbonyl (C=O) groups is 3. The van der Waals surface area contributed by atoms with Crippen LogP contribution in [0.15, 0.2) is 84.0 Å². The maximum atomic E-state index is 12.8. The number of para-hydroxylation sites is 2. The van der Waals surface area contributed by atoms with Gasteiger partial charge in [-0.05, 0) is 42.0 Å². The average molecular weight is 473 g/mol. The van der Waals surface area contributed by atoms with Gasteiger partial charge in [0.2, 0.25) is 0 Å². The summed E-state index contributed by atoms with van der Waals surface area (Å²) in [7, 11) is 0. The van der Waals surface area contributed by atoms with Crippen LogP contribution < -0.4 is 15.5 Å². The Morgan fingerprint density at radius 3 is 2.37 bits per heavy atom. The van der Waals surface area contributed by atoms with Crippen LogP contribution in [0.5, 0.6) is 11.5 Å². The van der Waals surface area contributed by atoms with E-state index in [4.69, 9.17) is 9.47 Å². The number of hydrazone groups is 1. The van der Waals surface area contributed by atoms with Crippen LogP contribution >= 0.6 is 0 Å². The van der Waals surface area contributed by atoms with E-state index in [2.05, 4.69) is 15.8 Å². The molecule has 1 heterocycles. The smallest absolute Gasteiger partial charge is 0.329 e. The Bertz CT molecular complexity index is 1220. The van der Waals surface area contributed by atoms with E-state index in [0.717, 1.165) is 0 Å². The lowest BCUT2D eigenvalue weighted by Gasteiger charge is -2.27. The van der Waals surface area contributed by atoms with Crippen LogP contribution in [0.25, 0.3) is 0 Å². The lowest BCUT2D eigenvalue weighted by atomic mass is 10.1. The summed E-state index contributed by atoms with van der Waals surface area (Å²) in [6, 6.07) is 23.0. The molecule has 3 aromatic rings. The van der Waals surface area contributed by atoms with E-state index in [1.165, 1.54) is 6.21 Å². The van der Waals surface area contributed by atoms with E-state index >= 15 is 0 Å². The molecular weight excluding hydrogens is 448 g/mol. The van der Waals surface area contributed by atoms with Crippen molar-refractivity contribution in [2.75, 3.05) is 31.6 Å². The fraction of sp³-hybridized carbons (Fsp3) is 0.154. The van der Waals surface area contributed by atoms with Crippen LogP contribution in [-0.4, -0.2) is 55.1 Å². The number of anilines is 1. The standard InChI is InChI=1S/C26H24N4O5/c31-24(28-23-12-5-4-11-22(23)26(33)30-13-15-34-16-14-30)25(32)29-27-18-19-7-6-10-21(17-19)35-20-8-2-1-3-9-20/h1-12,17-18H,13-16H2,(H,28,31)(H,29,32)/b27-18-. The van der Waals surface area contributed by atoms with Crippen LogP contribution in [0.4, 0.5) is 5.69 Å². The Balaban J connectivity index is 1.34. The van der Waals surface area contributed by atoms with E-state index in [1.54, 1.807) is 53.4 Å². The Morgan fingerprint density at radius 2 is 1.57 bits per heavy atom. The SMILES string of the molecule is O=C(N/N=C\c1cccc(Oc2ccccc2)c1)C(=O)Nc1ccccc1C(=O)N1CCOCC1. The molecule has 0 saturated carbocycles. The Labute approximate surface area is 202 Å². The summed E-state index contributed by atoms with van der Waals surface area (Å²) in [6.45, 7) is 1.85. The molecule has 9 heteroatoms. The number of nitrogens with one attached hydrogen (secondary N) is 2. The van der Waals surface area contributed by atoms with Crippen LogP contribution in [0, 0.1) is 0 Å². The van der Waals surface area contributed by atoms with Crippen LogP contribution in [-0.2, 0) is 14.3 Å². The van der Waals surface area contributed by atoms with Gasteiger partial charge in [0.1, 0.15) is 11.5 Å². The minimum absolute atomic E-state index is 0.236. The first-order valence-corrected chi connectivity index (χ1v) is 11.0. The molecule has 0 radical (unpaired) electrons. The lowest BCUT2D eigenvalue weighted by Crippen LogP contribution is -2.41. The predicted molar refractivity (Wildman–Crippen MR) is 130 cm³/mol. The number of rotatable bonds is 6. The van der Waals surface area contributed by atoms with Crippen LogP contribution in [0.1, 0.15) is 15.9 Å². The van der Waals surface area contributed by atoms with Crippen molar-refractivity contribution in [2.45, 2.75) is 0 Å². The first kappa shape index (κ1) is 23.7. The van der Waals surface area contributed by atoms with Gasteiger partial charge >= 0.3 is 11.8 Å². The molecule has 0 atom stereocenters. The van der Waals surface area contributed by atoms with Crippen molar-refractivity contribution in [3.63, 3.8) is 0 Å². The molecule has 3 amide bonds. The maximum Gasteiger partial charge on any atom is 0.329 e. The molecule has 3 aromatic carbocycles. The van der Waals surface area contributed by atoms with Gasteiger partial charge in [-0.2, -0.15) is 5.10 Å². The molecule has 1 aliphatic rings. The zero-order valence-corrected chi connectivity index (χ0v) is 18.8. The summed E-state index contributed by atoms with van der Waals surface area (Å²) >= 11 is 0. The topological polar surface area (TPSA) is 109 Å². The average Bonchev–Trinajstić information content (AvgIpc) is 2.90. The third-order valence-electron chi connectivity index (χ3n) is 5.13. The zero-order valence-electron chi connectivity index (χ0n) is 18.8. The largest absolute Gasteiger partial charge is 0.457 e. The summed E-state index contributed by atoms with van der Waals surface area (Å²) in [6.07, 6.45) is 1.40. The van der Waals surface area contributed by atoms with Crippen molar-refractivity contribution in [3.05, 3.63) is 90.0 Å². The molecule has 178 valence electrons. The minimum atomic E-state index is -0.966. The van der Waals surface area contributed by atoms with Crippen LogP contribution in [0.3, 0.4) is 0 Å². The van der Waals surface area contributed by atoms with Gasteiger partial charge in [0.05, 0.1) is 30.7 Å². The molecule has 0 unspecified atom stereocenters. The molecule has 1 fully saturated rings. The quantitative estimate of drug-likeness (QED) is 0.326. The van der Waals surface area contributed by atoms with Crippen molar-refractivity contribution in [3.8, 4) is 11.5 Å². The number of nitrogens with zero attached hydrogens (tertiary/aromatic N) is 2. The molecule has 9 nitrogen and oxygen atoms in total. The molecule has 1 aliphatic heterocycles. The highest BCUT2D eigenvalue weighted by Gasteiger charge is 2.22. The van der Waals surface area contributed by atoms with Crippen molar-refractivity contribution in [2.24, 2.45) is 5.10 Å². The third-order valence-corrected chi connectivity index (χ3v) is 5.13. The predicted octanol–water partition coefficient (Wildman–Crippen LogP) is 3.04. The van der Waals surface area contributed by atoms with Gasteiger partial charge < -0.3 is 19.7 Å². The maximum absolute atomic E-state index is 12.8. The van der Waals surface area contributed by atoms with Crippen molar-refractivity contribution < 1.29 is 23.9 Å². The monoisotopic (exact) mass is 472 g/mol. The van der Waals surface area contributed by atoms with E-state index in [0.29, 0.717) is 48.9 Å². The second-order valence-electron chi connectivity index (χ2n) is 7.59. The van der Waals surface area contributed by atoms with Gasteiger partial charge in [0.25, 0.3) is 5.91 Å². The molecule has 35 heavy (non-hydrogen) atoms. The minimum Gasteiger partial charge on any atom is -0.457 e. The van der Waals surface area contributed by atoms with Crippen molar-refractivity contribution >= 4 is 29.6 Å². The fourth-order valence-electron chi connectivity index (χ4n) is 3.39. The molecule has 2 N–H and O–H groups in total. The van der Waals surface area contributed by atoms with E-state index < -0.39 is 11.8 Å². The highest BCUT2D eigenvalue weighted by Crippen LogP contribution is 2.21. The normalized spacial score (nSPS) is 13.3. The number of morpholine rings is 1. The molecular formula is C26H24N4O5. The summed E-state index contributed by atoms with van der Waals surface area (Å²) in [5.41, 5.74) is 3.41. The lowest BCUT2D eigenvalue weighted by molar-refractivity contribution is -0.136. The van der Waals surface area contributed by atoms with Crippen molar-refractivity contribution in [1.29, 1.82) is 0 Å². The first-order valence-electron chi connectivity index (χ1n) is 11.0. The summed E-state index contributed by atoms with van der Waals surface area (Å²) in [5, 5.41) is 6.35. The highest BCUT2D eigenvalue weighted by atomic mass is 16.5. The summed E-state index contributed by atoms with van der Waals surface area (Å²) in [5.74, 6) is -0.845. The van der Waals surface area contributed by atoms with E-state index in [1.807, 2.05) is 30.3 Å². The molecule has 0 aliphatic carbocycles. The van der Waals surface area contributed by atoms with Gasteiger partial charge in [-0.3, -0.25) is 14.4 Å². The van der Waals surface area contributed by atoms with Gasteiger partial charge in [-0.1, -0.05) is 42.5 Å². The third kappa shape index (κ3) is 6.52. The number of benzene rings is 3. The summed E-state index contributed by atoms with van der Waals surface area (Å²) in [4.78, 5) is 39.1. The Morgan fingerprint density at radius 1 is 0.857 bits per heavy atom. The number of amides is 3. The van der Waals surface area contributed by atoms with Gasteiger partial charge in [0, 0.05) is 13.1 Å². The first-order chi connectivity index (χ1) is 17.1. The fourth-order valence-corrected chi connectivity index (χ4v) is 3.39. The number of hydrogen-bond donors (Lipinski definition) is 2. The Kier molecular flexibility index (Phi) is 7.82. The number of carbonyl (C=O) groups excluding carboxylic acids is 3. The molecule has 1 saturated heterocycles. The van der Waals surface area contributed by atoms with Gasteiger partial charge in [-0.15, -0.1) is 0 Å². The molecule has 4 rings (SSSR count). The zero-order chi connectivity index (χ0) is 24.5. The molecule has 0 spiro atoms. The van der Waals surface area contributed by atoms with E-state index in [-0.39, 0.29) is 11.6 Å². The number of hydrogen-bond acceptors (Lipinski definition) is 6. The highest BCUT2D eigenvalue weighted by molar-refractivity contribution is 6.40. The Hall–Kier alpha value is -4.50. The van der Waals surface area contributed by atoms with Gasteiger partial charge in [-0.25, -0.2) is 5.43 Å². The van der Waals surface area contributed by atoms with Crippen molar-refractivity contribution in [1.82, 2.24) is 10.3 Å². The van der Waals surface area contributed by atoms with Crippen LogP contribution in [0.2, 0.25) is 0 Å². The number of ether oxygens (including phenoxy) is 2. The second kappa shape index (κ2) is 11.6. The summed E-state index contributed by atoms with van der Waals surface area (Å²) < 4.78 is 11.1. The van der Waals surface area contributed by atoms with E-state index in [9.17, 15) is 14.4 Å². The molecule has 0 aromatic heterocycles. The van der Waals surface area contributed by atoms with Gasteiger partial charge in [0.15, 0.2) is 0 Å². The second-order valence-corrected chi connectivity index (χ2v) is 7.59. The molecule has 0 bridgehead atoms.